The number of benzene rings is 2. The maximum atomic E-state index is 13.5. The summed E-state index contributed by atoms with van der Waals surface area (Å²) in [6.45, 7) is 3.99. The number of aryl methyl sites for hydroxylation is 2. The SMILES string of the molecule is Cc1ccc(S(=O)(=O)OC[C@]23O[C@@H]4CC[C@@H]5[C@@H]4[C@@H]2[C@@H]2[C@H]4[C@@H]6[C@H]7[C@@H](CC[C@@H]7O[C@]6(COS(=O)(=O)c6ccc(C)cc6)[C@@H]52)[C@@H]43)cc1. The van der Waals surface area contributed by atoms with E-state index in [1.165, 1.54) is 0 Å². The van der Waals surface area contributed by atoms with Crippen molar-refractivity contribution in [1.82, 2.24) is 0 Å². The molecule has 0 bridgehead atoms. The molecule has 8 nitrogen and oxygen atoms in total. The molecule has 0 N–H and O–H groups in total. The standard InChI is InChI=1S/C34H38O8S2/c1-17-3-7-19(8-4-17)43(35,36)39-15-33-29-21-11-14-24-26(21)32-27(29)28-30(22-12-13-23(41-33)25(22)31(28)33)34(32,42-24)16-40-44(37,38)20-9-5-18(2)6-10-20/h3-10,21-32H,11-16H2,1-2H3/t21-,22-,23-,24+,25+,26+,27-,28-,29+,30+,31-,32+,33-,34-/m1/s1. The highest BCUT2D eigenvalue weighted by atomic mass is 32.2. The summed E-state index contributed by atoms with van der Waals surface area (Å²) in [4.78, 5) is 0.364. The topological polar surface area (TPSA) is 105 Å². The predicted octanol–water partition coefficient (Wildman–Crippen LogP) is 4.49. The average Bonchev–Trinajstić information content (AvgIpc) is 3.82. The maximum absolute atomic E-state index is 13.5. The Morgan fingerprint density at radius 3 is 1.36 bits per heavy atom. The van der Waals surface area contributed by atoms with Gasteiger partial charge < -0.3 is 9.47 Å². The molecule has 14 atom stereocenters. The van der Waals surface area contributed by atoms with Gasteiger partial charge >= 0.3 is 0 Å². The lowest BCUT2D eigenvalue weighted by Crippen LogP contribution is -2.49. The summed E-state index contributed by atoms with van der Waals surface area (Å²) in [7, 11) is -7.90. The van der Waals surface area contributed by atoms with Crippen LogP contribution in [0, 0.1) is 73.0 Å². The van der Waals surface area contributed by atoms with Crippen LogP contribution in [0.25, 0.3) is 0 Å². The van der Waals surface area contributed by atoms with Crippen molar-refractivity contribution in [3.8, 4) is 0 Å². The number of hydrogen-bond acceptors (Lipinski definition) is 8. The largest absolute Gasteiger partial charge is 0.368 e. The van der Waals surface area contributed by atoms with Gasteiger partial charge in [0.15, 0.2) is 0 Å². The van der Waals surface area contributed by atoms with E-state index in [9.17, 15) is 16.8 Å². The van der Waals surface area contributed by atoms with Crippen molar-refractivity contribution < 1.29 is 34.7 Å². The lowest BCUT2D eigenvalue weighted by molar-refractivity contribution is -0.141. The lowest BCUT2D eigenvalue weighted by atomic mass is 9.72. The summed E-state index contributed by atoms with van der Waals surface area (Å²) in [5, 5.41) is 0. The van der Waals surface area contributed by atoms with Crippen LogP contribution in [0.5, 0.6) is 0 Å². The summed E-state index contributed by atoms with van der Waals surface area (Å²) in [5.41, 5.74) is 0.744. The minimum atomic E-state index is -3.95. The van der Waals surface area contributed by atoms with Crippen LogP contribution < -0.4 is 0 Å². The molecule has 8 fully saturated rings. The fourth-order valence-electron chi connectivity index (χ4n) is 13.0. The second kappa shape index (κ2) is 8.55. The Bertz CT molecular complexity index is 1640. The Morgan fingerprint density at radius 2 is 0.977 bits per heavy atom. The zero-order chi connectivity index (χ0) is 30.0. The van der Waals surface area contributed by atoms with Gasteiger partial charge in [-0.05, 0) is 123 Å². The van der Waals surface area contributed by atoms with Gasteiger partial charge in [0.05, 0.1) is 35.2 Å². The number of ether oxygens (including phenoxy) is 2. The van der Waals surface area contributed by atoms with Crippen molar-refractivity contribution in [1.29, 1.82) is 0 Å². The van der Waals surface area contributed by atoms with E-state index in [0.29, 0.717) is 35.5 Å². The van der Waals surface area contributed by atoms with E-state index in [-0.39, 0.29) is 58.9 Å². The van der Waals surface area contributed by atoms with E-state index in [1.54, 1.807) is 48.5 Å². The van der Waals surface area contributed by atoms with E-state index < -0.39 is 31.4 Å². The van der Waals surface area contributed by atoms with Crippen molar-refractivity contribution in [3.05, 3.63) is 59.7 Å². The Hall–Kier alpha value is -1.82. The fourth-order valence-corrected chi connectivity index (χ4v) is 14.9. The summed E-state index contributed by atoms with van der Waals surface area (Å²) in [6, 6.07) is 13.7. The van der Waals surface area contributed by atoms with Crippen molar-refractivity contribution in [2.45, 2.75) is 72.7 Å². The lowest BCUT2D eigenvalue weighted by Gasteiger charge is -2.39. The molecule has 6 aliphatic carbocycles. The van der Waals surface area contributed by atoms with E-state index in [0.717, 1.165) is 36.8 Å². The van der Waals surface area contributed by atoms with Crippen LogP contribution in [0.3, 0.4) is 0 Å². The van der Waals surface area contributed by atoms with Gasteiger partial charge in [0.1, 0.15) is 11.2 Å². The molecule has 8 aliphatic rings. The first-order valence-corrected chi connectivity index (χ1v) is 19.2. The van der Waals surface area contributed by atoms with Crippen LogP contribution in [0.15, 0.2) is 58.3 Å². The fraction of sp³-hybridized carbons (Fsp3) is 0.647. The molecule has 44 heavy (non-hydrogen) atoms. The molecular formula is C34H38O8S2. The van der Waals surface area contributed by atoms with Gasteiger partial charge in [0.25, 0.3) is 20.2 Å². The van der Waals surface area contributed by atoms with Crippen LogP contribution in [-0.2, 0) is 38.1 Å². The number of fused-ring (bicyclic) bond motifs is 4. The van der Waals surface area contributed by atoms with E-state index in [4.69, 9.17) is 17.8 Å². The van der Waals surface area contributed by atoms with Crippen molar-refractivity contribution in [3.63, 3.8) is 0 Å². The Morgan fingerprint density at radius 1 is 0.591 bits per heavy atom. The van der Waals surface area contributed by atoms with Crippen LogP contribution in [0.4, 0.5) is 0 Å². The quantitative estimate of drug-likeness (QED) is 0.390. The average molecular weight is 639 g/mol. The normalized spacial score (nSPS) is 48.1. The van der Waals surface area contributed by atoms with Crippen molar-refractivity contribution in [2.75, 3.05) is 13.2 Å². The molecule has 2 aliphatic heterocycles. The van der Waals surface area contributed by atoms with Gasteiger partial charge in [-0.15, -0.1) is 0 Å². The molecule has 2 aromatic carbocycles. The Labute approximate surface area is 259 Å². The summed E-state index contributed by atoms with van der Waals surface area (Å²) in [6.07, 6.45) is 4.13. The zero-order valence-corrected chi connectivity index (χ0v) is 26.5. The third kappa shape index (κ3) is 3.14. The van der Waals surface area contributed by atoms with Crippen LogP contribution >= 0.6 is 0 Å². The third-order valence-corrected chi connectivity index (χ3v) is 16.3. The Balaban J connectivity index is 1.03. The van der Waals surface area contributed by atoms with E-state index in [2.05, 4.69) is 0 Å². The molecule has 2 heterocycles. The van der Waals surface area contributed by atoms with Gasteiger partial charge in [-0.2, -0.15) is 16.8 Å². The first-order chi connectivity index (χ1) is 21.1. The first-order valence-electron chi connectivity index (χ1n) is 16.3. The van der Waals surface area contributed by atoms with Crippen LogP contribution in [0.2, 0.25) is 0 Å². The number of hydrogen-bond donors (Lipinski definition) is 0. The highest BCUT2D eigenvalue weighted by Crippen LogP contribution is 2.86. The van der Waals surface area contributed by atoms with Crippen molar-refractivity contribution >= 4 is 20.2 Å². The van der Waals surface area contributed by atoms with Gasteiger partial charge in [0.2, 0.25) is 0 Å². The van der Waals surface area contributed by atoms with E-state index in [1.807, 2.05) is 13.8 Å². The highest BCUT2D eigenvalue weighted by molar-refractivity contribution is 7.87. The Kier molecular flexibility index (Phi) is 5.31. The molecule has 10 heteroatoms. The summed E-state index contributed by atoms with van der Waals surface area (Å²) < 4.78 is 80.2. The van der Waals surface area contributed by atoms with Crippen LogP contribution in [-0.4, -0.2) is 53.5 Å². The molecule has 0 radical (unpaired) electrons. The molecule has 0 aromatic heterocycles. The van der Waals surface area contributed by atoms with Crippen molar-refractivity contribution in [2.24, 2.45) is 59.2 Å². The van der Waals surface area contributed by atoms with Gasteiger partial charge in [-0.1, -0.05) is 35.4 Å². The molecule has 10 rings (SSSR count). The highest BCUT2D eigenvalue weighted by Gasteiger charge is 2.90. The molecule has 2 saturated heterocycles. The zero-order valence-electron chi connectivity index (χ0n) is 24.9. The first kappa shape index (κ1) is 27.3. The van der Waals surface area contributed by atoms with Crippen LogP contribution in [0.1, 0.15) is 36.8 Å². The van der Waals surface area contributed by atoms with Gasteiger partial charge in [0, 0.05) is 0 Å². The molecular weight excluding hydrogens is 601 g/mol. The smallest absolute Gasteiger partial charge is 0.297 e. The minimum absolute atomic E-state index is 0.0603. The summed E-state index contributed by atoms with van der Waals surface area (Å²) >= 11 is 0. The predicted molar refractivity (Wildman–Crippen MR) is 157 cm³/mol. The molecule has 2 aromatic rings. The molecule has 234 valence electrons. The second-order valence-electron chi connectivity index (χ2n) is 15.2. The summed E-state index contributed by atoms with van der Waals surface area (Å²) in [5.74, 6) is 2.80. The number of rotatable bonds is 8. The second-order valence-corrected chi connectivity index (χ2v) is 18.4. The van der Waals surface area contributed by atoms with Gasteiger partial charge in [-0.25, -0.2) is 0 Å². The third-order valence-electron chi connectivity index (χ3n) is 13.8. The minimum Gasteiger partial charge on any atom is -0.368 e. The van der Waals surface area contributed by atoms with E-state index >= 15 is 0 Å². The molecule has 0 spiro atoms. The molecule has 0 unspecified atom stereocenters. The monoisotopic (exact) mass is 638 g/mol. The molecule has 0 amide bonds. The maximum Gasteiger partial charge on any atom is 0.297 e. The molecule has 6 saturated carbocycles. The van der Waals surface area contributed by atoms with Gasteiger partial charge in [-0.3, -0.25) is 8.37 Å².